The third kappa shape index (κ3) is 2.35. The smallest absolute Gasteiger partial charge is 0.0153 e. The van der Waals surface area contributed by atoms with Crippen LogP contribution in [0.3, 0.4) is 0 Å². The van der Waals surface area contributed by atoms with Crippen LogP contribution < -0.4 is 0 Å². The van der Waals surface area contributed by atoms with Gasteiger partial charge in [0.2, 0.25) is 0 Å². The van der Waals surface area contributed by atoms with Crippen LogP contribution in [0.2, 0.25) is 0 Å². The minimum Gasteiger partial charge on any atom is -0.122 e. The van der Waals surface area contributed by atoms with E-state index in [0.717, 1.165) is 0 Å². The highest BCUT2D eigenvalue weighted by atomic mass is 32.2. The van der Waals surface area contributed by atoms with Crippen molar-refractivity contribution in [1.29, 1.82) is 0 Å². The van der Waals surface area contributed by atoms with E-state index in [2.05, 4.69) is 56.3 Å². The molecule has 0 heterocycles. The van der Waals surface area contributed by atoms with E-state index in [-0.39, 0.29) is 0 Å². The summed E-state index contributed by atoms with van der Waals surface area (Å²) in [6.07, 6.45) is 1.22. The third-order valence-electron chi connectivity index (χ3n) is 2.65. The van der Waals surface area contributed by atoms with Crippen LogP contribution in [0.25, 0.3) is 10.8 Å². The molecule has 0 spiro atoms. The van der Waals surface area contributed by atoms with Crippen molar-refractivity contribution in [1.82, 2.24) is 0 Å². The fraction of sp³-hybridized carbons (Fsp3) is 0.286. The summed E-state index contributed by atoms with van der Waals surface area (Å²) >= 11 is 1.97. The molecule has 0 saturated carbocycles. The van der Waals surface area contributed by atoms with Crippen molar-refractivity contribution in [3.05, 3.63) is 42.5 Å². The predicted octanol–water partition coefficient (Wildman–Crippen LogP) is 4.73. The first-order valence-electron chi connectivity index (χ1n) is 5.45. The summed E-state index contributed by atoms with van der Waals surface area (Å²) in [6, 6.07) is 15.1. The fourth-order valence-corrected chi connectivity index (χ4v) is 2.67. The normalized spacial score (nSPS) is 12.9. The minimum atomic E-state index is 0.691. The van der Waals surface area contributed by atoms with Gasteiger partial charge in [-0.1, -0.05) is 50.2 Å². The lowest BCUT2D eigenvalue weighted by Gasteiger charge is -2.10. The van der Waals surface area contributed by atoms with Gasteiger partial charge >= 0.3 is 0 Å². The Morgan fingerprint density at radius 2 is 1.80 bits per heavy atom. The van der Waals surface area contributed by atoms with Crippen LogP contribution in [0.1, 0.15) is 20.3 Å². The van der Waals surface area contributed by atoms with E-state index in [4.69, 9.17) is 0 Å². The SMILES string of the molecule is CCC(C)Sc1cccc2ccccc12. The van der Waals surface area contributed by atoms with Gasteiger partial charge in [0.15, 0.2) is 0 Å². The van der Waals surface area contributed by atoms with Gasteiger partial charge in [0.05, 0.1) is 0 Å². The van der Waals surface area contributed by atoms with Gasteiger partial charge in [0.25, 0.3) is 0 Å². The van der Waals surface area contributed by atoms with Gasteiger partial charge in [-0.3, -0.25) is 0 Å². The molecule has 0 aromatic heterocycles. The number of hydrogen-bond donors (Lipinski definition) is 0. The molecule has 0 fully saturated rings. The molecular formula is C14H16S. The molecule has 0 aliphatic rings. The topological polar surface area (TPSA) is 0 Å². The lowest BCUT2D eigenvalue weighted by atomic mass is 10.1. The van der Waals surface area contributed by atoms with Crippen LogP contribution in [0.15, 0.2) is 47.4 Å². The van der Waals surface area contributed by atoms with E-state index in [0.29, 0.717) is 5.25 Å². The maximum atomic E-state index is 2.28. The Balaban J connectivity index is 2.42. The average molecular weight is 216 g/mol. The Morgan fingerprint density at radius 3 is 2.60 bits per heavy atom. The molecule has 15 heavy (non-hydrogen) atoms. The second kappa shape index (κ2) is 4.71. The molecule has 0 amide bonds. The highest BCUT2D eigenvalue weighted by molar-refractivity contribution is 8.00. The van der Waals surface area contributed by atoms with E-state index in [1.165, 1.54) is 22.1 Å². The quantitative estimate of drug-likeness (QED) is 0.668. The highest BCUT2D eigenvalue weighted by Gasteiger charge is 2.04. The maximum Gasteiger partial charge on any atom is 0.0153 e. The molecule has 2 rings (SSSR count). The summed E-state index contributed by atoms with van der Waals surface area (Å²) < 4.78 is 0. The lowest BCUT2D eigenvalue weighted by Crippen LogP contribution is -1.92. The Hall–Kier alpha value is -0.950. The second-order valence-electron chi connectivity index (χ2n) is 3.81. The molecule has 2 aromatic carbocycles. The summed E-state index contributed by atoms with van der Waals surface area (Å²) in [7, 11) is 0. The van der Waals surface area contributed by atoms with Gasteiger partial charge in [-0.2, -0.15) is 0 Å². The van der Waals surface area contributed by atoms with Gasteiger partial charge in [-0.25, -0.2) is 0 Å². The van der Waals surface area contributed by atoms with Crippen LogP contribution in [0.4, 0.5) is 0 Å². The Bertz CT molecular complexity index is 443. The number of fused-ring (bicyclic) bond motifs is 1. The number of thioether (sulfide) groups is 1. The largest absolute Gasteiger partial charge is 0.122 e. The van der Waals surface area contributed by atoms with Gasteiger partial charge in [-0.05, 0) is 23.3 Å². The van der Waals surface area contributed by atoms with E-state index < -0.39 is 0 Å². The molecule has 0 saturated heterocycles. The minimum absolute atomic E-state index is 0.691. The Labute approximate surface area is 95.7 Å². The van der Waals surface area contributed by atoms with E-state index >= 15 is 0 Å². The van der Waals surface area contributed by atoms with Crippen molar-refractivity contribution in [2.45, 2.75) is 30.4 Å². The Kier molecular flexibility index (Phi) is 3.32. The molecule has 1 unspecified atom stereocenters. The zero-order chi connectivity index (χ0) is 10.7. The number of rotatable bonds is 3. The van der Waals surface area contributed by atoms with Crippen LogP contribution in [0.5, 0.6) is 0 Å². The van der Waals surface area contributed by atoms with Crippen molar-refractivity contribution < 1.29 is 0 Å². The molecule has 0 aliphatic heterocycles. The van der Waals surface area contributed by atoms with Crippen LogP contribution in [0, 0.1) is 0 Å². The number of hydrogen-bond acceptors (Lipinski definition) is 1. The molecule has 0 radical (unpaired) electrons. The molecule has 2 aromatic rings. The van der Waals surface area contributed by atoms with Crippen molar-refractivity contribution in [2.75, 3.05) is 0 Å². The maximum absolute atomic E-state index is 2.28. The molecule has 0 nitrogen and oxygen atoms in total. The first-order valence-corrected chi connectivity index (χ1v) is 6.33. The van der Waals surface area contributed by atoms with Gasteiger partial charge < -0.3 is 0 Å². The summed E-state index contributed by atoms with van der Waals surface area (Å²) in [6.45, 7) is 4.52. The van der Waals surface area contributed by atoms with Gasteiger partial charge in [0.1, 0.15) is 0 Å². The molecule has 0 aliphatic carbocycles. The summed E-state index contributed by atoms with van der Waals surface area (Å²) in [5, 5.41) is 3.41. The van der Waals surface area contributed by atoms with Crippen molar-refractivity contribution >= 4 is 22.5 Å². The van der Waals surface area contributed by atoms with Crippen LogP contribution in [-0.2, 0) is 0 Å². The first-order chi connectivity index (χ1) is 7.31. The molecule has 0 N–H and O–H groups in total. The third-order valence-corrected chi connectivity index (χ3v) is 4.00. The van der Waals surface area contributed by atoms with Crippen molar-refractivity contribution in [2.24, 2.45) is 0 Å². The monoisotopic (exact) mass is 216 g/mol. The highest BCUT2D eigenvalue weighted by Crippen LogP contribution is 2.31. The van der Waals surface area contributed by atoms with Crippen molar-refractivity contribution in [3.8, 4) is 0 Å². The molecule has 78 valence electrons. The second-order valence-corrected chi connectivity index (χ2v) is 5.29. The van der Waals surface area contributed by atoms with Crippen LogP contribution >= 0.6 is 11.8 Å². The summed E-state index contributed by atoms with van der Waals surface area (Å²) in [5.41, 5.74) is 0. The van der Waals surface area contributed by atoms with E-state index in [1.54, 1.807) is 0 Å². The number of benzene rings is 2. The lowest BCUT2D eigenvalue weighted by molar-refractivity contribution is 0.906. The molecule has 1 atom stereocenters. The zero-order valence-electron chi connectivity index (χ0n) is 9.23. The first kappa shape index (κ1) is 10.6. The van der Waals surface area contributed by atoms with Gasteiger partial charge in [0, 0.05) is 10.1 Å². The van der Waals surface area contributed by atoms with E-state index in [1.807, 2.05) is 11.8 Å². The summed E-state index contributed by atoms with van der Waals surface area (Å²) in [5.74, 6) is 0. The standard InChI is InChI=1S/C14H16S/c1-3-11(2)15-14-10-6-8-12-7-4-5-9-13(12)14/h4-11H,3H2,1-2H3. The molecule has 0 bridgehead atoms. The average Bonchev–Trinajstić information content (AvgIpc) is 2.29. The Morgan fingerprint density at radius 1 is 1.07 bits per heavy atom. The predicted molar refractivity (Wildman–Crippen MR) is 69.6 cm³/mol. The van der Waals surface area contributed by atoms with E-state index in [9.17, 15) is 0 Å². The molecule has 1 heteroatoms. The zero-order valence-corrected chi connectivity index (χ0v) is 10.1. The van der Waals surface area contributed by atoms with Gasteiger partial charge in [-0.15, -0.1) is 11.8 Å². The summed E-state index contributed by atoms with van der Waals surface area (Å²) in [4.78, 5) is 1.41. The van der Waals surface area contributed by atoms with Crippen LogP contribution in [-0.4, -0.2) is 5.25 Å². The molecular weight excluding hydrogens is 200 g/mol. The fourth-order valence-electron chi connectivity index (χ4n) is 1.60. The van der Waals surface area contributed by atoms with Crippen molar-refractivity contribution in [3.63, 3.8) is 0 Å².